The number of aryl methyl sites for hydroxylation is 1. The van der Waals surface area contributed by atoms with Gasteiger partial charge >= 0.3 is 5.63 Å². The summed E-state index contributed by atoms with van der Waals surface area (Å²) in [5.41, 5.74) is 2.47. The quantitative estimate of drug-likeness (QED) is 0.574. The number of benzene rings is 2. The van der Waals surface area contributed by atoms with Gasteiger partial charge in [0, 0.05) is 43.2 Å². The minimum Gasteiger partial charge on any atom is -0.480 e. The largest absolute Gasteiger partial charge is 0.480 e. The zero-order chi connectivity index (χ0) is 22.5. The van der Waals surface area contributed by atoms with Crippen LogP contribution in [0, 0.1) is 6.92 Å². The number of morpholine rings is 1. The number of ether oxygens (including phenoxy) is 2. The van der Waals surface area contributed by atoms with Crippen LogP contribution in [0.4, 0.5) is 0 Å². The Kier molecular flexibility index (Phi) is 6.87. The Morgan fingerprint density at radius 1 is 1.16 bits per heavy atom. The standard InChI is InChI=1S/C25H28N2O5/c1-17-22(31-18(2)25(29)26-10-11-27-12-14-30-15-13-27)9-8-20-21(16-23(28)32-24(17)20)19-6-4-3-5-7-19/h3-9,16,18H,10-15H2,1-2H3,(H,26,29)/t18-/m1/s1. The van der Waals surface area contributed by atoms with Gasteiger partial charge in [-0.15, -0.1) is 0 Å². The van der Waals surface area contributed by atoms with E-state index in [0.717, 1.165) is 49.4 Å². The van der Waals surface area contributed by atoms with Crippen LogP contribution >= 0.6 is 0 Å². The topological polar surface area (TPSA) is 81.0 Å². The lowest BCUT2D eigenvalue weighted by molar-refractivity contribution is -0.127. The monoisotopic (exact) mass is 436 g/mol. The Morgan fingerprint density at radius 2 is 1.91 bits per heavy atom. The lowest BCUT2D eigenvalue weighted by atomic mass is 10.00. The highest BCUT2D eigenvalue weighted by molar-refractivity contribution is 5.95. The second kappa shape index (κ2) is 9.97. The summed E-state index contributed by atoms with van der Waals surface area (Å²) in [7, 11) is 0. The van der Waals surface area contributed by atoms with Crippen molar-refractivity contribution in [3.05, 3.63) is 64.5 Å². The number of nitrogens with one attached hydrogen (secondary N) is 1. The number of rotatable bonds is 7. The molecule has 0 aliphatic carbocycles. The molecular formula is C25H28N2O5. The SMILES string of the molecule is Cc1c(O[C@H](C)C(=O)NCCN2CCOCC2)ccc2c(-c3ccccc3)cc(=O)oc12. The molecule has 1 aliphatic rings. The van der Waals surface area contributed by atoms with Crippen LogP contribution in [-0.4, -0.2) is 56.3 Å². The first-order chi connectivity index (χ1) is 15.5. The van der Waals surface area contributed by atoms with E-state index in [-0.39, 0.29) is 5.91 Å². The predicted octanol–water partition coefficient (Wildman–Crippen LogP) is 2.98. The van der Waals surface area contributed by atoms with E-state index in [1.165, 1.54) is 6.07 Å². The van der Waals surface area contributed by atoms with Gasteiger partial charge in [-0.1, -0.05) is 30.3 Å². The summed E-state index contributed by atoms with van der Waals surface area (Å²) in [4.78, 5) is 27.0. The fourth-order valence-corrected chi connectivity index (χ4v) is 3.88. The van der Waals surface area contributed by atoms with Crippen LogP contribution < -0.4 is 15.7 Å². The van der Waals surface area contributed by atoms with E-state index in [9.17, 15) is 9.59 Å². The van der Waals surface area contributed by atoms with Crippen molar-refractivity contribution in [3.63, 3.8) is 0 Å². The van der Waals surface area contributed by atoms with Gasteiger partial charge in [-0.2, -0.15) is 0 Å². The third-order valence-corrected chi connectivity index (χ3v) is 5.70. The van der Waals surface area contributed by atoms with E-state index >= 15 is 0 Å². The molecule has 1 amide bonds. The maximum atomic E-state index is 12.5. The summed E-state index contributed by atoms with van der Waals surface area (Å²) >= 11 is 0. The van der Waals surface area contributed by atoms with Crippen molar-refractivity contribution in [1.82, 2.24) is 10.2 Å². The molecule has 1 saturated heterocycles. The minimum atomic E-state index is -0.681. The second-order valence-electron chi connectivity index (χ2n) is 7.92. The molecule has 0 bridgehead atoms. The number of hydrogen-bond acceptors (Lipinski definition) is 6. The molecule has 32 heavy (non-hydrogen) atoms. The van der Waals surface area contributed by atoms with Crippen molar-refractivity contribution < 1.29 is 18.7 Å². The van der Waals surface area contributed by atoms with Crippen molar-refractivity contribution in [3.8, 4) is 16.9 Å². The van der Waals surface area contributed by atoms with Gasteiger partial charge in [0.05, 0.1) is 13.2 Å². The molecule has 7 nitrogen and oxygen atoms in total. The fraction of sp³-hybridized carbons (Fsp3) is 0.360. The van der Waals surface area contributed by atoms with Crippen LogP contribution in [0.1, 0.15) is 12.5 Å². The normalized spacial score (nSPS) is 15.4. The molecule has 1 fully saturated rings. The number of amides is 1. The van der Waals surface area contributed by atoms with Gasteiger partial charge in [-0.3, -0.25) is 9.69 Å². The van der Waals surface area contributed by atoms with Gasteiger partial charge in [0.1, 0.15) is 11.3 Å². The van der Waals surface area contributed by atoms with Crippen LogP contribution in [0.5, 0.6) is 5.75 Å². The first-order valence-corrected chi connectivity index (χ1v) is 10.9. The maximum absolute atomic E-state index is 12.5. The van der Waals surface area contributed by atoms with Crippen molar-refractivity contribution in [1.29, 1.82) is 0 Å². The average Bonchev–Trinajstić information content (AvgIpc) is 2.82. The van der Waals surface area contributed by atoms with E-state index in [2.05, 4.69) is 10.2 Å². The number of carbonyl (C=O) groups excluding carboxylic acids is 1. The summed E-state index contributed by atoms with van der Waals surface area (Å²) in [5, 5.41) is 3.75. The molecule has 2 heterocycles. The van der Waals surface area contributed by atoms with Gasteiger partial charge in [-0.25, -0.2) is 4.79 Å². The van der Waals surface area contributed by atoms with Crippen molar-refractivity contribution in [2.45, 2.75) is 20.0 Å². The Balaban J connectivity index is 1.48. The number of nitrogens with zero attached hydrogens (tertiary/aromatic N) is 1. The average molecular weight is 437 g/mol. The van der Waals surface area contributed by atoms with E-state index in [0.29, 0.717) is 23.4 Å². The third kappa shape index (κ3) is 5.00. The zero-order valence-corrected chi connectivity index (χ0v) is 18.4. The lowest BCUT2D eigenvalue weighted by Crippen LogP contribution is -2.43. The smallest absolute Gasteiger partial charge is 0.336 e. The van der Waals surface area contributed by atoms with Crippen LogP contribution in [0.15, 0.2) is 57.7 Å². The van der Waals surface area contributed by atoms with Gasteiger partial charge in [0.15, 0.2) is 6.10 Å². The molecule has 0 spiro atoms. The summed E-state index contributed by atoms with van der Waals surface area (Å²) in [6.07, 6.45) is -0.681. The molecule has 0 radical (unpaired) electrons. The van der Waals surface area contributed by atoms with Crippen molar-refractivity contribution in [2.24, 2.45) is 0 Å². The molecule has 1 N–H and O–H groups in total. The van der Waals surface area contributed by atoms with E-state index in [1.54, 1.807) is 6.92 Å². The first-order valence-electron chi connectivity index (χ1n) is 10.9. The van der Waals surface area contributed by atoms with Crippen LogP contribution in [0.3, 0.4) is 0 Å². The number of carbonyl (C=O) groups is 1. The molecule has 3 aromatic rings. The van der Waals surface area contributed by atoms with Crippen LogP contribution in [0.25, 0.3) is 22.1 Å². The number of fused-ring (bicyclic) bond motifs is 1. The third-order valence-electron chi connectivity index (χ3n) is 5.70. The van der Waals surface area contributed by atoms with Gasteiger partial charge in [0.25, 0.3) is 5.91 Å². The lowest BCUT2D eigenvalue weighted by Gasteiger charge is -2.26. The highest BCUT2D eigenvalue weighted by Gasteiger charge is 2.19. The zero-order valence-electron chi connectivity index (χ0n) is 18.4. The van der Waals surface area contributed by atoms with Crippen LogP contribution in [0.2, 0.25) is 0 Å². The van der Waals surface area contributed by atoms with E-state index < -0.39 is 11.7 Å². The van der Waals surface area contributed by atoms with E-state index in [4.69, 9.17) is 13.9 Å². The molecular weight excluding hydrogens is 408 g/mol. The molecule has 1 atom stereocenters. The molecule has 7 heteroatoms. The van der Waals surface area contributed by atoms with Gasteiger partial charge in [-0.05, 0) is 37.1 Å². The molecule has 2 aromatic carbocycles. The second-order valence-corrected chi connectivity index (χ2v) is 7.92. The summed E-state index contributed by atoms with van der Waals surface area (Å²) < 4.78 is 16.8. The molecule has 1 aliphatic heterocycles. The molecule has 1 aromatic heterocycles. The van der Waals surface area contributed by atoms with Gasteiger partial charge in [0.2, 0.25) is 0 Å². The summed E-state index contributed by atoms with van der Waals surface area (Å²) in [6.45, 7) is 8.11. The maximum Gasteiger partial charge on any atom is 0.336 e. The summed E-state index contributed by atoms with van der Waals surface area (Å²) in [6, 6.07) is 14.9. The Labute approximate surface area is 186 Å². The van der Waals surface area contributed by atoms with Crippen LogP contribution in [-0.2, 0) is 9.53 Å². The van der Waals surface area contributed by atoms with Crippen molar-refractivity contribution in [2.75, 3.05) is 39.4 Å². The minimum absolute atomic E-state index is 0.183. The summed E-state index contributed by atoms with van der Waals surface area (Å²) in [5.74, 6) is 0.332. The predicted molar refractivity (Wildman–Crippen MR) is 123 cm³/mol. The Hall–Kier alpha value is -3.16. The molecule has 0 saturated carbocycles. The Morgan fingerprint density at radius 3 is 2.66 bits per heavy atom. The highest BCUT2D eigenvalue weighted by Crippen LogP contribution is 2.33. The fourth-order valence-electron chi connectivity index (χ4n) is 3.88. The molecule has 0 unspecified atom stereocenters. The number of hydrogen-bond donors (Lipinski definition) is 1. The Bertz CT molecular complexity index is 1140. The van der Waals surface area contributed by atoms with Gasteiger partial charge < -0.3 is 19.2 Å². The first kappa shape index (κ1) is 22.0. The molecule has 168 valence electrons. The highest BCUT2D eigenvalue weighted by atomic mass is 16.5. The molecule has 4 rings (SSSR count). The van der Waals surface area contributed by atoms with Crippen molar-refractivity contribution >= 4 is 16.9 Å². The van der Waals surface area contributed by atoms with E-state index in [1.807, 2.05) is 49.4 Å².